The number of rotatable bonds is 1. The summed E-state index contributed by atoms with van der Waals surface area (Å²) in [5.74, 6) is 1.09. The van der Waals surface area contributed by atoms with Gasteiger partial charge in [0, 0.05) is 30.5 Å². The molecule has 0 atom stereocenters. The summed E-state index contributed by atoms with van der Waals surface area (Å²) in [5, 5.41) is 2.67. The van der Waals surface area contributed by atoms with Crippen LogP contribution in [0.4, 0.5) is 5.69 Å². The number of nitrogens with one attached hydrogen (secondary N) is 1. The zero-order valence-corrected chi connectivity index (χ0v) is 9.33. The second kappa shape index (κ2) is 3.48. The lowest BCUT2D eigenvalue weighted by atomic mass is 10.1. The summed E-state index contributed by atoms with van der Waals surface area (Å²) in [5.41, 5.74) is 1.96. The Kier molecular flexibility index (Phi) is 2.07. The largest absolute Gasteiger partial charge is 0.454 e. The number of fused-ring (bicyclic) bond motifs is 3. The van der Waals surface area contributed by atoms with Crippen molar-refractivity contribution in [3.05, 3.63) is 17.2 Å². The number of benzene rings is 1. The summed E-state index contributed by atoms with van der Waals surface area (Å²) in [6, 6.07) is 1.66. The lowest BCUT2D eigenvalue weighted by molar-refractivity contribution is -0.114. The van der Waals surface area contributed by atoms with E-state index in [4.69, 9.17) is 9.47 Å². The standard InChI is InChI=1S/C12H11NO4/c1-6(14)13-8-4-10-12(17-5-16-10)7-2-3-9(15)11(7)8/h4H,2-3,5H2,1H3,(H,13,14). The predicted molar refractivity (Wildman–Crippen MR) is 59.5 cm³/mol. The zero-order valence-electron chi connectivity index (χ0n) is 9.33. The molecule has 5 heteroatoms. The fourth-order valence-corrected chi connectivity index (χ4v) is 2.32. The minimum Gasteiger partial charge on any atom is -0.454 e. The maximum absolute atomic E-state index is 11.8. The third kappa shape index (κ3) is 1.46. The van der Waals surface area contributed by atoms with Gasteiger partial charge in [-0.25, -0.2) is 0 Å². The Bertz CT molecular complexity index is 536. The summed E-state index contributed by atoms with van der Waals surface area (Å²) in [7, 11) is 0. The van der Waals surface area contributed by atoms with Crippen LogP contribution in [-0.2, 0) is 11.2 Å². The number of ether oxygens (including phenoxy) is 2. The van der Waals surface area contributed by atoms with E-state index < -0.39 is 0 Å². The van der Waals surface area contributed by atoms with Crippen molar-refractivity contribution in [2.24, 2.45) is 0 Å². The molecule has 1 N–H and O–H groups in total. The first-order chi connectivity index (χ1) is 8.16. The second-order valence-corrected chi connectivity index (χ2v) is 4.12. The Morgan fingerprint density at radius 3 is 2.94 bits per heavy atom. The van der Waals surface area contributed by atoms with Crippen molar-refractivity contribution in [2.45, 2.75) is 19.8 Å². The third-order valence-electron chi connectivity index (χ3n) is 2.95. The molecule has 1 aliphatic carbocycles. The van der Waals surface area contributed by atoms with Gasteiger partial charge in [0.15, 0.2) is 17.3 Å². The Morgan fingerprint density at radius 2 is 2.18 bits per heavy atom. The third-order valence-corrected chi connectivity index (χ3v) is 2.95. The number of ketones is 1. The van der Waals surface area contributed by atoms with Crippen LogP contribution in [-0.4, -0.2) is 18.5 Å². The van der Waals surface area contributed by atoms with Gasteiger partial charge < -0.3 is 14.8 Å². The highest BCUT2D eigenvalue weighted by atomic mass is 16.7. The van der Waals surface area contributed by atoms with Crippen LogP contribution in [0.15, 0.2) is 6.07 Å². The van der Waals surface area contributed by atoms with E-state index >= 15 is 0 Å². The number of carbonyl (C=O) groups is 2. The van der Waals surface area contributed by atoms with Crippen molar-refractivity contribution in [1.29, 1.82) is 0 Å². The van der Waals surface area contributed by atoms with Gasteiger partial charge in [-0.05, 0) is 6.42 Å². The molecule has 0 fully saturated rings. The number of amides is 1. The van der Waals surface area contributed by atoms with Gasteiger partial charge in [-0.2, -0.15) is 0 Å². The molecule has 2 aliphatic rings. The van der Waals surface area contributed by atoms with Crippen molar-refractivity contribution in [3.8, 4) is 11.5 Å². The summed E-state index contributed by atoms with van der Waals surface area (Å²) in [4.78, 5) is 22.9. The Hall–Kier alpha value is -2.04. The fraction of sp³-hybridized carbons (Fsp3) is 0.333. The average Bonchev–Trinajstić information content (AvgIpc) is 2.83. The van der Waals surface area contributed by atoms with E-state index in [2.05, 4.69) is 5.32 Å². The molecule has 1 amide bonds. The molecule has 0 bridgehead atoms. The molecule has 1 heterocycles. The van der Waals surface area contributed by atoms with Gasteiger partial charge in [-0.15, -0.1) is 0 Å². The monoisotopic (exact) mass is 233 g/mol. The van der Waals surface area contributed by atoms with E-state index in [1.165, 1.54) is 6.92 Å². The van der Waals surface area contributed by atoms with Gasteiger partial charge >= 0.3 is 0 Å². The second-order valence-electron chi connectivity index (χ2n) is 4.12. The molecular weight excluding hydrogens is 222 g/mol. The van der Waals surface area contributed by atoms with E-state index in [-0.39, 0.29) is 18.5 Å². The van der Waals surface area contributed by atoms with Crippen molar-refractivity contribution in [1.82, 2.24) is 0 Å². The van der Waals surface area contributed by atoms with Crippen LogP contribution in [0, 0.1) is 0 Å². The first kappa shape index (κ1) is 10.1. The molecule has 0 saturated heterocycles. The van der Waals surface area contributed by atoms with Crippen molar-refractivity contribution in [2.75, 3.05) is 12.1 Å². The SMILES string of the molecule is CC(=O)Nc1cc2c(c3c1C(=O)CC3)OCO2. The molecular formula is C12H11NO4. The number of anilines is 1. The van der Waals surface area contributed by atoms with Crippen LogP contribution >= 0.6 is 0 Å². The molecule has 3 rings (SSSR count). The summed E-state index contributed by atoms with van der Waals surface area (Å²) < 4.78 is 10.7. The minimum atomic E-state index is -0.203. The number of Topliss-reactive ketones (excluding diaryl/α,β-unsaturated/α-hetero) is 1. The molecule has 0 saturated carbocycles. The molecule has 1 aromatic rings. The van der Waals surface area contributed by atoms with E-state index in [1.54, 1.807) is 6.07 Å². The maximum Gasteiger partial charge on any atom is 0.231 e. The lowest BCUT2D eigenvalue weighted by Crippen LogP contribution is -2.10. The van der Waals surface area contributed by atoms with Crippen LogP contribution in [0.1, 0.15) is 29.3 Å². The topological polar surface area (TPSA) is 64.6 Å². The Balaban J connectivity index is 2.19. The van der Waals surface area contributed by atoms with Crippen LogP contribution < -0.4 is 14.8 Å². The molecule has 1 aromatic carbocycles. The highest BCUT2D eigenvalue weighted by Crippen LogP contribution is 2.45. The highest BCUT2D eigenvalue weighted by molar-refractivity contribution is 6.09. The normalized spacial score (nSPS) is 15.9. The smallest absolute Gasteiger partial charge is 0.231 e. The fourth-order valence-electron chi connectivity index (χ4n) is 2.32. The van der Waals surface area contributed by atoms with Crippen molar-refractivity contribution < 1.29 is 19.1 Å². The van der Waals surface area contributed by atoms with Crippen molar-refractivity contribution >= 4 is 17.4 Å². The molecule has 5 nitrogen and oxygen atoms in total. The molecule has 17 heavy (non-hydrogen) atoms. The first-order valence-electron chi connectivity index (χ1n) is 5.43. The first-order valence-corrected chi connectivity index (χ1v) is 5.43. The van der Waals surface area contributed by atoms with Crippen molar-refractivity contribution in [3.63, 3.8) is 0 Å². The van der Waals surface area contributed by atoms with Crippen LogP contribution in [0.3, 0.4) is 0 Å². The number of hydrogen-bond acceptors (Lipinski definition) is 4. The summed E-state index contributed by atoms with van der Waals surface area (Å²) in [6.07, 6.45) is 1.11. The van der Waals surface area contributed by atoms with Crippen LogP contribution in [0.2, 0.25) is 0 Å². The van der Waals surface area contributed by atoms with Gasteiger partial charge in [0.25, 0.3) is 0 Å². The van der Waals surface area contributed by atoms with E-state index in [1.807, 2.05) is 0 Å². The predicted octanol–water partition coefficient (Wildman–Crippen LogP) is 1.50. The average molecular weight is 233 g/mol. The van der Waals surface area contributed by atoms with Crippen LogP contribution in [0.5, 0.6) is 11.5 Å². The molecule has 0 unspecified atom stereocenters. The molecule has 1 aliphatic heterocycles. The molecule has 0 aromatic heterocycles. The number of hydrogen-bond donors (Lipinski definition) is 1. The zero-order chi connectivity index (χ0) is 12.0. The minimum absolute atomic E-state index is 0.0436. The highest BCUT2D eigenvalue weighted by Gasteiger charge is 2.31. The van der Waals surface area contributed by atoms with Gasteiger partial charge in [-0.1, -0.05) is 0 Å². The summed E-state index contributed by atoms with van der Waals surface area (Å²) in [6.45, 7) is 1.58. The number of carbonyl (C=O) groups excluding carboxylic acids is 2. The molecule has 88 valence electrons. The maximum atomic E-state index is 11.8. The van der Waals surface area contributed by atoms with Gasteiger partial charge in [-0.3, -0.25) is 9.59 Å². The van der Waals surface area contributed by atoms with Gasteiger partial charge in [0.1, 0.15) is 0 Å². The van der Waals surface area contributed by atoms with Gasteiger partial charge in [0.2, 0.25) is 12.7 Å². The Labute approximate surface area is 97.7 Å². The quantitative estimate of drug-likeness (QED) is 0.798. The van der Waals surface area contributed by atoms with E-state index in [0.717, 1.165) is 5.56 Å². The summed E-state index contributed by atoms with van der Waals surface area (Å²) >= 11 is 0. The molecule has 0 spiro atoms. The molecule has 0 radical (unpaired) electrons. The van der Waals surface area contributed by atoms with E-state index in [0.29, 0.717) is 35.6 Å². The van der Waals surface area contributed by atoms with Gasteiger partial charge in [0.05, 0.1) is 5.69 Å². The van der Waals surface area contributed by atoms with Crippen LogP contribution in [0.25, 0.3) is 0 Å². The lowest BCUT2D eigenvalue weighted by Gasteiger charge is -2.10. The van der Waals surface area contributed by atoms with E-state index in [9.17, 15) is 9.59 Å². The Morgan fingerprint density at radius 1 is 1.35 bits per heavy atom.